The molecule has 0 radical (unpaired) electrons. The number of hydrogen-bond donors (Lipinski definition) is 2. The first-order valence-corrected chi connectivity index (χ1v) is 16.6. The van der Waals surface area contributed by atoms with Crippen LogP contribution in [-0.2, 0) is 0 Å². The van der Waals surface area contributed by atoms with Gasteiger partial charge in [0.2, 0.25) is 0 Å². The molecule has 1 unspecified atom stereocenters. The average molecular weight is 614 g/mol. The van der Waals surface area contributed by atoms with Gasteiger partial charge in [-0.3, -0.25) is 0 Å². The second-order valence-electron chi connectivity index (χ2n) is 12.8. The fourth-order valence-electron chi connectivity index (χ4n) is 7.81. The summed E-state index contributed by atoms with van der Waals surface area (Å²) in [5.41, 5.74) is 9.14. The van der Waals surface area contributed by atoms with Crippen LogP contribution >= 0.6 is 0 Å². The van der Waals surface area contributed by atoms with Gasteiger partial charge in [0.1, 0.15) is 5.84 Å². The Morgan fingerprint density at radius 1 is 0.562 bits per heavy atom. The Morgan fingerprint density at radius 2 is 1.27 bits per heavy atom. The van der Waals surface area contributed by atoms with Crippen molar-refractivity contribution in [2.24, 2.45) is 4.99 Å². The van der Waals surface area contributed by atoms with Crippen LogP contribution < -0.4 is 10.6 Å². The van der Waals surface area contributed by atoms with Crippen molar-refractivity contribution in [3.05, 3.63) is 180 Å². The minimum atomic E-state index is -0.0450. The smallest absolute Gasteiger partial charge is 0.134 e. The van der Waals surface area contributed by atoms with Gasteiger partial charge in [-0.15, -0.1) is 0 Å². The van der Waals surface area contributed by atoms with Crippen molar-refractivity contribution in [1.29, 1.82) is 0 Å². The Morgan fingerprint density at radius 3 is 2.12 bits per heavy atom. The van der Waals surface area contributed by atoms with E-state index in [4.69, 9.17) is 4.99 Å². The molecule has 2 aliphatic heterocycles. The molecule has 2 N–H and O–H groups in total. The Bertz CT molecular complexity index is 2630. The third-order valence-corrected chi connectivity index (χ3v) is 10.0. The monoisotopic (exact) mass is 613 g/mol. The molecule has 2 heterocycles. The third-order valence-electron chi connectivity index (χ3n) is 10.0. The Balaban J connectivity index is 1.21. The lowest BCUT2D eigenvalue weighted by Crippen LogP contribution is -2.33. The first kappa shape index (κ1) is 27.0. The van der Waals surface area contributed by atoms with E-state index in [0.717, 1.165) is 34.9 Å². The topological polar surface area (TPSA) is 36.4 Å². The minimum absolute atomic E-state index is 0.0450. The summed E-state index contributed by atoms with van der Waals surface area (Å²) >= 11 is 0. The van der Waals surface area contributed by atoms with Gasteiger partial charge in [0, 0.05) is 23.4 Å². The number of nitrogens with one attached hydrogen (secondary N) is 2. The molecule has 0 spiro atoms. The summed E-state index contributed by atoms with van der Waals surface area (Å²) in [6.07, 6.45) is 6.45. The van der Waals surface area contributed by atoms with Gasteiger partial charge in [0.15, 0.2) is 0 Å². The van der Waals surface area contributed by atoms with Gasteiger partial charge in [-0.2, -0.15) is 0 Å². The van der Waals surface area contributed by atoms with Gasteiger partial charge in [-0.05, 0) is 95.7 Å². The molecule has 2 aliphatic rings. The van der Waals surface area contributed by atoms with Gasteiger partial charge in [0.25, 0.3) is 0 Å². The number of hydrogen-bond acceptors (Lipinski definition) is 3. The Kier molecular flexibility index (Phi) is 6.00. The van der Waals surface area contributed by atoms with E-state index in [0.29, 0.717) is 0 Å². The van der Waals surface area contributed by atoms with Crippen molar-refractivity contribution < 1.29 is 0 Å². The van der Waals surface area contributed by atoms with Crippen molar-refractivity contribution >= 4 is 60.3 Å². The maximum absolute atomic E-state index is 5.34. The van der Waals surface area contributed by atoms with E-state index < -0.39 is 0 Å². The van der Waals surface area contributed by atoms with Crippen LogP contribution in [0.2, 0.25) is 0 Å². The maximum Gasteiger partial charge on any atom is 0.134 e. The lowest BCUT2D eigenvalue weighted by Gasteiger charge is -2.29. The fraction of sp³-hybridized carbons (Fsp3) is 0.0444. The van der Waals surface area contributed by atoms with Crippen LogP contribution in [0.25, 0.3) is 59.9 Å². The van der Waals surface area contributed by atoms with E-state index in [2.05, 4.69) is 168 Å². The van der Waals surface area contributed by atoms with Crippen LogP contribution in [-0.4, -0.2) is 12.4 Å². The van der Waals surface area contributed by atoms with Crippen LogP contribution in [0.15, 0.2) is 163 Å². The van der Waals surface area contributed by atoms with Crippen molar-refractivity contribution in [3.8, 4) is 11.1 Å². The molecule has 0 aromatic heterocycles. The zero-order chi connectivity index (χ0) is 31.6. The largest absolute Gasteiger partial charge is 0.381 e. The molecular weight excluding hydrogens is 583 g/mol. The summed E-state index contributed by atoms with van der Waals surface area (Å²) in [6.45, 7) is 0.805. The molecule has 1 atom stereocenters. The molecule has 0 saturated heterocycles. The van der Waals surface area contributed by atoms with Crippen LogP contribution in [0, 0.1) is 0 Å². The van der Waals surface area contributed by atoms with E-state index in [1.54, 1.807) is 0 Å². The quantitative estimate of drug-likeness (QED) is 0.194. The summed E-state index contributed by atoms with van der Waals surface area (Å²) in [6, 6.07) is 50.8. The number of aliphatic imine (C=N–C) groups is 1. The molecule has 226 valence electrons. The highest BCUT2D eigenvalue weighted by atomic mass is 15.1. The number of allylic oxidation sites excluding steroid dienone is 2. The summed E-state index contributed by atoms with van der Waals surface area (Å²) in [5.74, 6) is 0.874. The molecule has 8 aromatic rings. The van der Waals surface area contributed by atoms with Crippen molar-refractivity contribution in [1.82, 2.24) is 10.6 Å². The molecule has 8 aromatic carbocycles. The summed E-state index contributed by atoms with van der Waals surface area (Å²) in [7, 11) is 0. The number of amidine groups is 1. The second-order valence-corrected chi connectivity index (χ2v) is 12.8. The molecule has 0 aliphatic carbocycles. The van der Waals surface area contributed by atoms with Gasteiger partial charge >= 0.3 is 0 Å². The molecule has 48 heavy (non-hydrogen) atoms. The fourth-order valence-corrected chi connectivity index (χ4v) is 7.81. The maximum atomic E-state index is 5.34. The van der Waals surface area contributed by atoms with Gasteiger partial charge in [0.05, 0.1) is 11.7 Å². The zero-order valence-corrected chi connectivity index (χ0v) is 26.2. The standard InChI is InChI=1S/C45H31N3/c1-2-10-32(11-3-1)44-43-37-14-5-4-9-28(37)20-23-40(43)47-45(48-44)35-26-33(25-34(27-35)39-15-6-7-24-46-39)36-21-18-31-17-16-29-12-8-13-30-19-22-38(36)42(31)41(29)30/h1-23,25-27,44,46H,24H2,(H,47,48). The number of nitrogens with zero attached hydrogens (tertiary/aromatic N) is 1. The van der Waals surface area contributed by atoms with E-state index in [9.17, 15) is 0 Å². The van der Waals surface area contributed by atoms with Crippen molar-refractivity contribution in [2.75, 3.05) is 6.54 Å². The van der Waals surface area contributed by atoms with Crippen LogP contribution in [0.1, 0.15) is 28.3 Å². The Hall–Kier alpha value is -6.19. The first-order chi connectivity index (χ1) is 23.8. The highest BCUT2D eigenvalue weighted by Crippen LogP contribution is 2.42. The predicted molar refractivity (Wildman–Crippen MR) is 202 cm³/mol. The van der Waals surface area contributed by atoms with E-state index in [-0.39, 0.29) is 6.04 Å². The molecule has 3 nitrogen and oxygen atoms in total. The lowest BCUT2D eigenvalue weighted by molar-refractivity contribution is 0.756. The van der Waals surface area contributed by atoms with Gasteiger partial charge < -0.3 is 10.6 Å². The number of dihydropyridines is 1. The number of benzene rings is 8. The summed E-state index contributed by atoms with van der Waals surface area (Å²) < 4.78 is 0. The van der Waals surface area contributed by atoms with Gasteiger partial charge in [-0.25, -0.2) is 4.99 Å². The minimum Gasteiger partial charge on any atom is -0.381 e. The molecule has 10 rings (SSSR count). The van der Waals surface area contributed by atoms with Crippen LogP contribution in [0.3, 0.4) is 0 Å². The SMILES string of the molecule is C1=CCNC(c2cc(C3=Nc4ccc5ccccc5c4C(c4ccccc4)N3)cc(-c3ccc4ccc5cccc6ccc3c4c56)c2)=C1. The lowest BCUT2D eigenvalue weighted by atomic mass is 9.88. The van der Waals surface area contributed by atoms with Crippen LogP contribution in [0.4, 0.5) is 5.69 Å². The van der Waals surface area contributed by atoms with Crippen LogP contribution in [0.5, 0.6) is 0 Å². The third kappa shape index (κ3) is 4.25. The highest BCUT2D eigenvalue weighted by Gasteiger charge is 2.27. The number of fused-ring (bicyclic) bond motifs is 3. The summed E-state index contributed by atoms with van der Waals surface area (Å²) in [4.78, 5) is 5.34. The molecule has 0 bridgehead atoms. The average Bonchev–Trinajstić information content (AvgIpc) is 3.17. The van der Waals surface area contributed by atoms with E-state index in [1.165, 1.54) is 65.3 Å². The Labute approximate surface area is 278 Å². The van der Waals surface area contributed by atoms with E-state index in [1.807, 2.05) is 0 Å². The first-order valence-electron chi connectivity index (χ1n) is 16.6. The second kappa shape index (κ2) is 10.7. The van der Waals surface area contributed by atoms with Crippen molar-refractivity contribution in [3.63, 3.8) is 0 Å². The summed E-state index contributed by atoms with van der Waals surface area (Å²) in [5, 5.41) is 17.7. The molecule has 0 fully saturated rings. The molecule has 0 amide bonds. The normalized spacial score (nSPS) is 15.7. The van der Waals surface area contributed by atoms with E-state index >= 15 is 0 Å². The molecular formula is C45H31N3. The highest BCUT2D eigenvalue weighted by molar-refractivity contribution is 6.25. The molecule has 0 saturated carbocycles. The zero-order valence-electron chi connectivity index (χ0n) is 26.2. The van der Waals surface area contributed by atoms with Crippen molar-refractivity contribution in [2.45, 2.75) is 6.04 Å². The molecule has 3 heteroatoms. The van der Waals surface area contributed by atoms with Gasteiger partial charge in [-0.1, -0.05) is 127 Å². The predicted octanol–water partition coefficient (Wildman–Crippen LogP) is 10.7. The number of rotatable bonds is 4.